The van der Waals surface area contributed by atoms with Gasteiger partial charge in [-0.3, -0.25) is 19.3 Å². The van der Waals surface area contributed by atoms with Crippen LogP contribution in [-0.2, 0) is 16.1 Å². The fraction of sp³-hybridized carbons (Fsp3) is 0.208. The summed E-state index contributed by atoms with van der Waals surface area (Å²) in [6, 6.07) is 10.8. The number of aromatic nitrogens is 1. The summed E-state index contributed by atoms with van der Waals surface area (Å²) >= 11 is 0. The van der Waals surface area contributed by atoms with E-state index in [1.807, 2.05) is 6.92 Å². The van der Waals surface area contributed by atoms with Crippen molar-refractivity contribution in [3.05, 3.63) is 76.2 Å². The normalized spacial score (nSPS) is 12.5. The van der Waals surface area contributed by atoms with Crippen molar-refractivity contribution in [2.24, 2.45) is 0 Å². The largest absolute Gasteiger partial charge is 0.489 e. The maximum Gasteiger partial charge on any atom is 0.338 e. The molecule has 0 saturated carbocycles. The molecule has 1 aliphatic heterocycles. The van der Waals surface area contributed by atoms with Crippen LogP contribution in [0, 0.1) is 13.8 Å². The van der Waals surface area contributed by atoms with Crippen molar-refractivity contribution < 1.29 is 33.2 Å². The molecule has 0 spiro atoms. The molecule has 0 atom stereocenters. The van der Waals surface area contributed by atoms with Gasteiger partial charge in [0.25, 0.3) is 17.7 Å². The summed E-state index contributed by atoms with van der Waals surface area (Å²) in [4.78, 5) is 49.7. The first-order chi connectivity index (χ1) is 16.2. The molecule has 0 fully saturated rings. The lowest BCUT2D eigenvalue weighted by Gasteiger charge is -2.09. The third-order valence-corrected chi connectivity index (χ3v) is 5.34. The number of fused-ring (bicyclic) bond motifs is 1. The molecule has 174 valence electrons. The zero-order valence-electron chi connectivity index (χ0n) is 18.7. The number of aryl methyl sites for hydroxylation is 2. The van der Waals surface area contributed by atoms with E-state index in [9.17, 15) is 19.2 Å². The number of anilines is 1. The number of carbonyl (C=O) groups is 4. The topological polar surface area (TPSA) is 128 Å². The Kier molecular flexibility index (Phi) is 6.13. The van der Waals surface area contributed by atoms with Crippen LogP contribution >= 0.6 is 0 Å². The molecule has 1 N–H and O–H groups in total. The van der Waals surface area contributed by atoms with Gasteiger partial charge in [0, 0.05) is 12.7 Å². The first kappa shape index (κ1) is 22.7. The molecule has 1 aliphatic rings. The van der Waals surface area contributed by atoms with E-state index < -0.39 is 30.3 Å². The van der Waals surface area contributed by atoms with Crippen LogP contribution in [0.3, 0.4) is 0 Å². The fourth-order valence-electron chi connectivity index (χ4n) is 3.43. The molecule has 34 heavy (non-hydrogen) atoms. The van der Waals surface area contributed by atoms with Gasteiger partial charge in [-0.1, -0.05) is 11.2 Å². The number of carbonyl (C=O) groups excluding carboxylic acids is 4. The Balaban J connectivity index is 1.32. The van der Waals surface area contributed by atoms with Gasteiger partial charge in [0.15, 0.2) is 6.61 Å². The monoisotopic (exact) mass is 463 g/mol. The number of nitrogens with one attached hydrogen (secondary N) is 1. The molecule has 4 rings (SSSR count). The molecule has 0 bridgehead atoms. The number of esters is 1. The highest BCUT2D eigenvalue weighted by atomic mass is 16.5. The highest BCUT2D eigenvalue weighted by Gasteiger charge is 2.32. The van der Waals surface area contributed by atoms with Gasteiger partial charge in [-0.15, -0.1) is 0 Å². The predicted octanol–water partition coefficient (Wildman–Crippen LogP) is 2.89. The van der Waals surface area contributed by atoms with Crippen molar-refractivity contribution in [1.82, 2.24) is 10.1 Å². The van der Waals surface area contributed by atoms with Crippen LogP contribution in [0.15, 0.2) is 47.0 Å². The zero-order chi connectivity index (χ0) is 24.4. The third-order valence-electron chi connectivity index (χ3n) is 5.34. The van der Waals surface area contributed by atoms with E-state index in [4.69, 9.17) is 14.0 Å². The summed E-state index contributed by atoms with van der Waals surface area (Å²) in [5.41, 5.74) is 2.56. The van der Waals surface area contributed by atoms with Crippen molar-refractivity contribution in [3.8, 4) is 5.75 Å². The van der Waals surface area contributed by atoms with E-state index in [2.05, 4.69) is 10.5 Å². The Morgan fingerprint density at radius 1 is 1.06 bits per heavy atom. The molecule has 10 heteroatoms. The second-order valence-electron chi connectivity index (χ2n) is 7.67. The van der Waals surface area contributed by atoms with Gasteiger partial charge in [-0.05, 0) is 50.2 Å². The Bertz CT molecular complexity index is 1290. The second-order valence-corrected chi connectivity index (χ2v) is 7.67. The Morgan fingerprint density at radius 2 is 1.82 bits per heavy atom. The van der Waals surface area contributed by atoms with Crippen molar-refractivity contribution >= 4 is 29.4 Å². The van der Waals surface area contributed by atoms with Gasteiger partial charge in [0.05, 0.1) is 27.9 Å². The quantitative estimate of drug-likeness (QED) is 0.418. The number of hydrogen-bond donors (Lipinski definition) is 1. The lowest BCUT2D eigenvalue weighted by atomic mass is 10.1. The van der Waals surface area contributed by atoms with Gasteiger partial charge in [-0.2, -0.15) is 0 Å². The number of hydrogen-bond acceptors (Lipinski definition) is 8. The van der Waals surface area contributed by atoms with Crippen LogP contribution in [0.4, 0.5) is 5.69 Å². The predicted molar refractivity (Wildman–Crippen MR) is 119 cm³/mol. The maximum atomic E-state index is 12.4. The van der Waals surface area contributed by atoms with Gasteiger partial charge >= 0.3 is 5.97 Å². The highest BCUT2D eigenvalue weighted by molar-refractivity contribution is 6.21. The first-order valence-electron chi connectivity index (χ1n) is 10.3. The molecule has 10 nitrogen and oxygen atoms in total. The standard InChI is InChI=1S/C24H21N3O7/c1-13-20(14(2)34-26-13)11-32-17-6-4-5-15(9-17)24(31)33-12-21(28)25-16-7-8-18-19(10-16)23(30)27(3)22(18)29/h4-10H,11-12H2,1-3H3,(H,25,28). The molecule has 2 heterocycles. The van der Waals surface area contributed by atoms with E-state index in [0.717, 1.165) is 16.2 Å². The van der Waals surface area contributed by atoms with Crippen LogP contribution in [0.5, 0.6) is 5.75 Å². The average molecular weight is 463 g/mol. The van der Waals surface area contributed by atoms with E-state index >= 15 is 0 Å². The number of benzene rings is 2. The molecule has 0 aliphatic carbocycles. The molecule has 2 aromatic carbocycles. The molecular weight excluding hydrogens is 442 g/mol. The van der Waals surface area contributed by atoms with E-state index in [-0.39, 0.29) is 23.3 Å². The highest BCUT2D eigenvalue weighted by Crippen LogP contribution is 2.25. The number of ether oxygens (including phenoxy) is 2. The Hall–Kier alpha value is -4.47. The minimum atomic E-state index is -0.700. The van der Waals surface area contributed by atoms with Gasteiger partial charge in [0.2, 0.25) is 0 Å². The van der Waals surface area contributed by atoms with Crippen LogP contribution in [0.1, 0.15) is 48.1 Å². The molecule has 3 aromatic rings. The number of nitrogens with zero attached hydrogens (tertiary/aromatic N) is 2. The SMILES string of the molecule is Cc1noc(C)c1COc1cccc(C(=O)OCC(=O)Nc2ccc3c(c2)C(=O)N(C)C3=O)c1. The molecule has 0 saturated heterocycles. The smallest absolute Gasteiger partial charge is 0.338 e. The van der Waals surface area contributed by atoms with Crippen LogP contribution < -0.4 is 10.1 Å². The minimum absolute atomic E-state index is 0.204. The lowest BCUT2D eigenvalue weighted by Crippen LogP contribution is -2.24. The van der Waals surface area contributed by atoms with Crippen molar-refractivity contribution in [2.45, 2.75) is 20.5 Å². The van der Waals surface area contributed by atoms with Crippen molar-refractivity contribution in [2.75, 3.05) is 19.0 Å². The van der Waals surface area contributed by atoms with Crippen LogP contribution in [0.25, 0.3) is 0 Å². The first-order valence-corrected chi connectivity index (χ1v) is 10.3. The van der Waals surface area contributed by atoms with Gasteiger partial charge < -0.3 is 19.3 Å². The molecular formula is C24H21N3O7. The maximum absolute atomic E-state index is 12.4. The number of rotatable bonds is 7. The summed E-state index contributed by atoms with van der Waals surface area (Å²) in [7, 11) is 1.39. The summed E-state index contributed by atoms with van der Waals surface area (Å²) in [6.07, 6.45) is 0. The Labute approximate surface area is 194 Å². The molecule has 1 aromatic heterocycles. The summed E-state index contributed by atoms with van der Waals surface area (Å²) in [5.74, 6) is -1.03. The van der Waals surface area contributed by atoms with E-state index in [1.54, 1.807) is 25.1 Å². The number of imide groups is 1. The van der Waals surface area contributed by atoms with Crippen molar-refractivity contribution in [1.29, 1.82) is 0 Å². The fourth-order valence-corrected chi connectivity index (χ4v) is 3.43. The molecule has 3 amide bonds. The molecule has 0 unspecified atom stereocenters. The van der Waals surface area contributed by atoms with Gasteiger partial charge in [-0.25, -0.2) is 4.79 Å². The average Bonchev–Trinajstić information content (AvgIpc) is 3.26. The molecule has 0 radical (unpaired) electrons. The minimum Gasteiger partial charge on any atom is -0.489 e. The van der Waals surface area contributed by atoms with Gasteiger partial charge in [0.1, 0.15) is 18.1 Å². The third kappa shape index (κ3) is 4.51. The van der Waals surface area contributed by atoms with Crippen molar-refractivity contribution in [3.63, 3.8) is 0 Å². The van der Waals surface area contributed by atoms with E-state index in [0.29, 0.717) is 17.2 Å². The summed E-state index contributed by atoms with van der Waals surface area (Å²) in [5, 5.41) is 6.42. The van der Waals surface area contributed by atoms with Crippen LogP contribution in [-0.4, -0.2) is 47.4 Å². The number of amides is 3. The van der Waals surface area contributed by atoms with Crippen LogP contribution in [0.2, 0.25) is 0 Å². The Morgan fingerprint density at radius 3 is 2.56 bits per heavy atom. The lowest BCUT2D eigenvalue weighted by molar-refractivity contribution is -0.119. The summed E-state index contributed by atoms with van der Waals surface area (Å²) < 4.78 is 15.9. The zero-order valence-corrected chi connectivity index (χ0v) is 18.7. The summed E-state index contributed by atoms with van der Waals surface area (Å²) in [6.45, 7) is 3.29. The second kappa shape index (κ2) is 9.18. The van der Waals surface area contributed by atoms with E-state index in [1.165, 1.54) is 31.3 Å².